The number of rotatable bonds is 2. The summed E-state index contributed by atoms with van der Waals surface area (Å²) < 4.78 is 7.75. The fourth-order valence-corrected chi connectivity index (χ4v) is 3.78. The number of benzene rings is 1. The zero-order valence-electron chi connectivity index (χ0n) is 13.6. The van der Waals surface area contributed by atoms with Crippen LogP contribution in [0.1, 0.15) is 24.1 Å². The highest BCUT2D eigenvalue weighted by Crippen LogP contribution is 2.37. The summed E-state index contributed by atoms with van der Waals surface area (Å²) in [6.07, 6.45) is 3.42. The summed E-state index contributed by atoms with van der Waals surface area (Å²) in [4.78, 5) is 12.0. The molecule has 4 heterocycles. The van der Waals surface area contributed by atoms with Crippen LogP contribution in [0.2, 0.25) is 0 Å². The number of nitrogens with two attached hydrogens (primary N) is 1. The summed E-state index contributed by atoms with van der Waals surface area (Å²) >= 11 is 0. The van der Waals surface area contributed by atoms with Crippen LogP contribution >= 0.6 is 0 Å². The van der Waals surface area contributed by atoms with E-state index in [-0.39, 0.29) is 5.75 Å². The Morgan fingerprint density at radius 1 is 1.20 bits per heavy atom. The van der Waals surface area contributed by atoms with E-state index in [0.717, 1.165) is 59.7 Å². The van der Waals surface area contributed by atoms with E-state index in [1.165, 1.54) is 6.33 Å². The van der Waals surface area contributed by atoms with Crippen LogP contribution in [0.25, 0.3) is 10.9 Å². The van der Waals surface area contributed by atoms with Crippen molar-refractivity contribution >= 4 is 28.3 Å². The van der Waals surface area contributed by atoms with Gasteiger partial charge in [0, 0.05) is 29.8 Å². The van der Waals surface area contributed by atoms with Gasteiger partial charge in [0.05, 0.1) is 18.9 Å². The van der Waals surface area contributed by atoms with E-state index in [1.54, 1.807) is 12.1 Å². The number of aromatic nitrogens is 3. The average molecular weight is 336 g/mol. The molecule has 7 nitrogen and oxygen atoms in total. The number of nitrogen functional groups attached to an aromatic ring is 1. The van der Waals surface area contributed by atoms with Crippen molar-refractivity contribution in [2.75, 3.05) is 18.9 Å². The van der Waals surface area contributed by atoms with Crippen LogP contribution in [-0.4, -0.2) is 49.6 Å². The zero-order valence-corrected chi connectivity index (χ0v) is 13.6. The highest BCUT2D eigenvalue weighted by molar-refractivity contribution is 6.18. The van der Waals surface area contributed by atoms with Gasteiger partial charge >= 0.3 is 5.82 Å². The van der Waals surface area contributed by atoms with E-state index in [2.05, 4.69) is 25.6 Å². The number of nitrogens with zero attached hydrogens (tertiary/aromatic N) is 3. The molecule has 2 aliphatic heterocycles. The first-order chi connectivity index (χ1) is 12.2. The quantitative estimate of drug-likeness (QED) is 0.621. The van der Waals surface area contributed by atoms with Crippen molar-refractivity contribution in [3.05, 3.63) is 41.9 Å². The average Bonchev–Trinajstić information content (AvgIpc) is 2.99. The summed E-state index contributed by atoms with van der Waals surface area (Å²) in [6, 6.07) is 7.72. The standard InChI is InChI=1S/C18H17N5O2/c19-17-15-16(14-7-10-1-2-12(24)8-13(10)22-14)23(18(15)21-9-20-17)11-3-5-25-6-4-11/h1-2,7-9,11H,3-6H2,(H3,19,20,21,22,24)/p+1. The van der Waals surface area contributed by atoms with E-state index in [1.807, 2.05) is 6.07 Å². The molecule has 25 heavy (non-hydrogen) atoms. The maximum Gasteiger partial charge on any atom is 0.341 e. The Kier molecular flexibility index (Phi) is 3.05. The maximum absolute atomic E-state index is 9.72. The van der Waals surface area contributed by atoms with Gasteiger partial charge in [-0.2, -0.15) is 4.98 Å². The molecule has 0 unspecified atom stereocenters. The zero-order chi connectivity index (χ0) is 17.0. The molecular weight excluding hydrogens is 318 g/mol. The van der Waals surface area contributed by atoms with E-state index in [9.17, 15) is 5.11 Å². The lowest BCUT2D eigenvalue weighted by molar-refractivity contribution is -0.506. The second-order valence-corrected chi connectivity index (χ2v) is 6.47. The molecule has 1 saturated heterocycles. The van der Waals surface area contributed by atoms with E-state index >= 15 is 0 Å². The van der Waals surface area contributed by atoms with Crippen molar-refractivity contribution in [3.63, 3.8) is 0 Å². The Bertz CT molecular complexity index is 1020. The van der Waals surface area contributed by atoms with Gasteiger partial charge in [-0.1, -0.05) is 0 Å². The predicted octanol–water partition coefficient (Wildman–Crippen LogP) is 1.92. The monoisotopic (exact) mass is 336 g/mol. The number of hydrogen-bond donors (Lipinski definition) is 3. The van der Waals surface area contributed by atoms with Crippen molar-refractivity contribution in [1.29, 1.82) is 0 Å². The van der Waals surface area contributed by atoms with Gasteiger partial charge in [-0.15, -0.1) is 0 Å². The Hall–Kier alpha value is -2.93. The lowest BCUT2D eigenvalue weighted by Crippen LogP contribution is -2.41. The largest absolute Gasteiger partial charge is 0.508 e. The fourth-order valence-electron chi connectivity index (χ4n) is 3.78. The van der Waals surface area contributed by atoms with E-state index < -0.39 is 0 Å². The number of hydrogen-bond acceptors (Lipinski definition) is 5. The van der Waals surface area contributed by atoms with Crippen molar-refractivity contribution in [3.8, 4) is 5.75 Å². The molecule has 1 fully saturated rings. The van der Waals surface area contributed by atoms with Crippen LogP contribution < -0.4 is 5.73 Å². The topological polar surface area (TPSA) is 100 Å². The van der Waals surface area contributed by atoms with Crippen molar-refractivity contribution < 1.29 is 14.4 Å². The van der Waals surface area contributed by atoms with Crippen LogP contribution in [0.4, 0.5) is 11.6 Å². The number of fused-ring (bicyclic) bond motifs is 2. The first-order valence-corrected chi connectivity index (χ1v) is 8.39. The lowest BCUT2D eigenvalue weighted by atomic mass is 9.96. The molecule has 5 rings (SSSR count). The van der Waals surface area contributed by atoms with Crippen LogP contribution in [0.15, 0.2) is 30.6 Å². The van der Waals surface area contributed by atoms with E-state index in [4.69, 9.17) is 10.5 Å². The number of phenolic OH excluding ortho intramolecular Hbond substituents is 1. The minimum Gasteiger partial charge on any atom is -0.508 e. The Balaban J connectivity index is 1.69. The third-order valence-corrected chi connectivity index (χ3v) is 4.98. The molecule has 0 saturated carbocycles. The van der Waals surface area contributed by atoms with Crippen LogP contribution in [0.5, 0.6) is 5.75 Å². The molecule has 0 atom stereocenters. The van der Waals surface area contributed by atoms with Crippen molar-refractivity contribution in [2.24, 2.45) is 0 Å². The molecule has 7 heteroatoms. The Morgan fingerprint density at radius 3 is 2.88 bits per heavy atom. The summed E-state index contributed by atoms with van der Waals surface area (Å²) in [6.45, 7) is 1.51. The van der Waals surface area contributed by atoms with Crippen LogP contribution in [-0.2, 0) is 4.74 Å². The number of aromatic hydroxyl groups is 1. The Labute approximate surface area is 143 Å². The lowest BCUT2D eigenvalue weighted by Gasteiger charge is -2.29. The number of aromatic amines is 1. The van der Waals surface area contributed by atoms with E-state index in [0.29, 0.717) is 11.9 Å². The van der Waals surface area contributed by atoms with Gasteiger partial charge in [-0.25, -0.2) is 4.58 Å². The van der Waals surface area contributed by atoms with Gasteiger partial charge in [-0.05, 0) is 23.2 Å². The van der Waals surface area contributed by atoms with Gasteiger partial charge in [0.25, 0.3) is 0 Å². The molecule has 0 spiro atoms. The van der Waals surface area contributed by atoms with Crippen LogP contribution in [0, 0.1) is 0 Å². The predicted molar refractivity (Wildman–Crippen MR) is 93.4 cm³/mol. The molecule has 0 radical (unpaired) electrons. The number of H-pyrrole nitrogens is 1. The Morgan fingerprint density at radius 2 is 2.04 bits per heavy atom. The minimum absolute atomic E-state index is 0.240. The summed E-state index contributed by atoms with van der Waals surface area (Å²) in [5, 5.41) is 10.8. The van der Waals surface area contributed by atoms with Gasteiger partial charge < -0.3 is 20.6 Å². The third-order valence-electron chi connectivity index (χ3n) is 4.98. The first-order valence-electron chi connectivity index (χ1n) is 8.39. The van der Waals surface area contributed by atoms with Crippen LogP contribution in [0.3, 0.4) is 0 Å². The normalized spacial score (nSPS) is 17.6. The van der Waals surface area contributed by atoms with Gasteiger partial charge in [-0.3, -0.25) is 0 Å². The summed E-state index contributed by atoms with van der Waals surface area (Å²) in [5.41, 5.74) is 9.90. The van der Waals surface area contributed by atoms with Gasteiger partial charge in [0.2, 0.25) is 6.33 Å². The minimum atomic E-state index is 0.240. The molecule has 126 valence electrons. The molecular formula is C18H18N5O2+. The summed E-state index contributed by atoms with van der Waals surface area (Å²) in [5.74, 6) is 1.62. The molecule has 4 N–H and O–H groups in total. The van der Waals surface area contributed by atoms with Gasteiger partial charge in [0.1, 0.15) is 17.6 Å². The van der Waals surface area contributed by atoms with Crippen molar-refractivity contribution in [2.45, 2.75) is 18.9 Å². The molecule has 0 amide bonds. The molecule has 2 aromatic heterocycles. The SMILES string of the molecule is Nc1ncnc2c1C(c1cc3ccc(O)cc3[nH]1)=[N+]2C1CCOCC1. The first kappa shape index (κ1) is 14.4. The highest BCUT2D eigenvalue weighted by atomic mass is 16.5. The molecule has 2 aliphatic rings. The highest BCUT2D eigenvalue weighted by Gasteiger charge is 2.43. The number of phenols is 1. The molecule has 3 aromatic rings. The van der Waals surface area contributed by atoms with Gasteiger partial charge in [0.15, 0.2) is 11.3 Å². The maximum atomic E-state index is 9.72. The second kappa shape index (κ2) is 5.29. The third kappa shape index (κ3) is 2.12. The number of ether oxygens (including phenoxy) is 1. The molecule has 0 bridgehead atoms. The fraction of sp³-hybridized carbons (Fsp3) is 0.278. The number of nitrogens with one attached hydrogen (secondary N) is 1. The number of anilines is 1. The smallest absolute Gasteiger partial charge is 0.341 e. The van der Waals surface area contributed by atoms with Crippen molar-refractivity contribution in [1.82, 2.24) is 15.0 Å². The molecule has 0 aliphatic carbocycles. The second-order valence-electron chi connectivity index (χ2n) is 6.47. The molecule has 1 aromatic carbocycles. The summed E-state index contributed by atoms with van der Waals surface area (Å²) in [7, 11) is 0.